The summed E-state index contributed by atoms with van der Waals surface area (Å²) in [6, 6.07) is 6.44. The number of nitrogens with one attached hydrogen (secondary N) is 2. The Morgan fingerprint density at radius 2 is 1.86 bits per heavy atom. The fourth-order valence-corrected chi connectivity index (χ4v) is 2.80. The zero-order valence-electron chi connectivity index (χ0n) is 13.0. The molecular formula is C17H24N2O3. The van der Waals surface area contributed by atoms with E-state index in [1.807, 2.05) is 0 Å². The van der Waals surface area contributed by atoms with Crippen molar-refractivity contribution in [1.82, 2.24) is 5.32 Å². The lowest BCUT2D eigenvalue weighted by Crippen LogP contribution is -2.44. The normalized spacial score (nSPS) is 17.4. The van der Waals surface area contributed by atoms with Gasteiger partial charge in [0.25, 0.3) is 0 Å². The third-order valence-corrected chi connectivity index (χ3v) is 4.14. The van der Waals surface area contributed by atoms with Crippen molar-refractivity contribution in [2.45, 2.75) is 51.0 Å². The van der Waals surface area contributed by atoms with E-state index in [2.05, 4.69) is 10.6 Å². The van der Waals surface area contributed by atoms with Crippen LogP contribution in [0.4, 0.5) is 10.5 Å². The Labute approximate surface area is 131 Å². The first-order chi connectivity index (χ1) is 10.5. The SMILES string of the molecule is CC(=O)c1cccc(NC(=O)NCC2(O)CCCCCC2)c1. The molecule has 0 aliphatic heterocycles. The summed E-state index contributed by atoms with van der Waals surface area (Å²) < 4.78 is 0. The van der Waals surface area contributed by atoms with Gasteiger partial charge < -0.3 is 15.7 Å². The summed E-state index contributed by atoms with van der Waals surface area (Å²) in [5, 5.41) is 15.9. The van der Waals surface area contributed by atoms with Crippen LogP contribution in [0, 0.1) is 0 Å². The van der Waals surface area contributed by atoms with Crippen molar-refractivity contribution in [1.29, 1.82) is 0 Å². The maximum atomic E-state index is 11.9. The van der Waals surface area contributed by atoms with Gasteiger partial charge in [0.1, 0.15) is 0 Å². The smallest absolute Gasteiger partial charge is 0.319 e. The molecule has 0 aromatic heterocycles. The molecule has 0 unspecified atom stereocenters. The van der Waals surface area contributed by atoms with Gasteiger partial charge in [-0.1, -0.05) is 37.8 Å². The Bertz CT molecular complexity index is 534. The van der Waals surface area contributed by atoms with Gasteiger partial charge in [-0.3, -0.25) is 4.79 Å². The number of hydrogen-bond donors (Lipinski definition) is 3. The third kappa shape index (κ3) is 4.84. The number of aliphatic hydroxyl groups is 1. The Hall–Kier alpha value is -1.88. The molecule has 120 valence electrons. The quantitative estimate of drug-likeness (QED) is 0.591. The molecule has 3 N–H and O–H groups in total. The maximum Gasteiger partial charge on any atom is 0.319 e. The maximum absolute atomic E-state index is 11.9. The number of Topliss-reactive ketones (excluding diaryl/α,β-unsaturated/α-hetero) is 1. The summed E-state index contributed by atoms with van der Waals surface area (Å²) in [5.74, 6) is -0.0446. The standard InChI is InChI=1S/C17H24N2O3/c1-13(20)14-7-6-8-15(11-14)19-16(21)18-12-17(22)9-4-2-3-5-10-17/h6-8,11,22H,2-5,9-10,12H2,1H3,(H2,18,19,21). The van der Waals surface area contributed by atoms with Gasteiger partial charge in [-0.2, -0.15) is 0 Å². The van der Waals surface area contributed by atoms with Gasteiger partial charge in [0.15, 0.2) is 5.78 Å². The minimum atomic E-state index is -0.797. The first kappa shape index (κ1) is 16.5. The number of urea groups is 1. The van der Waals surface area contributed by atoms with Crippen LogP contribution in [0.1, 0.15) is 55.8 Å². The molecule has 1 fully saturated rings. The predicted molar refractivity (Wildman–Crippen MR) is 86.1 cm³/mol. The van der Waals surface area contributed by atoms with E-state index >= 15 is 0 Å². The van der Waals surface area contributed by atoms with Crippen LogP contribution in [-0.4, -0.2) is 29.1 Å². The van der Waals surface area contributed by atoms with Crippen molar-refractivity contribution in [3.63, 3.8) is 0 Å². The van der Waals surface area contributed by atoms with Gasteiger partial charge in [0.2, 0.25) is 0 Å². The summed E-state index contributed by atoms with van der Waals surface area (Å²) in [6.45, 7) is 1.74. The summed E-state index contributed by atoms with van der Waals surface area (Å²) in [7, 11) is 0. The molecule has 5 nitrogen and oxygen atoms in total. The Balaban J connectivity index is 1.87. The molecule has 0 bridgehead atoms. The fourth-order valence-electron chi connectivity index (χ4n) is 2.80. The molecule has 1 saturated carbocycles. The zero-order chi connectivity index (χ0) is 16.0. The number of ketones is 1. The van der Waals surface area contributed by atoms with E-state index in [0.717, 1.165) is 38.5 Å². The summed E-state index contributed by atoms with van der Waals surface area (Å²) in [4.78, 5) is 23.3. The molecule has 0 atom stereocenters. The largest absolute Gasteiger partial charge is 0.388 e. The van der Waals surface area contributed by atoms with Crippen LogP contribution in [0.3, 0.4) is 0 Å². The van der Waals surface area contributed by atoms with Crippen LogP contribution < -0.4 is 10.6 Å². The number of amides is 2. The first-order valence-electron chi connectivity index (χ1n) is 7.87. The zero-order valence-corrected chi connectivity index (χ0v) is 13.0. The molecule has 2 rings (SSSR count). The fraction of sp³-hybridized carbons (Fsp3) is 0.529. The number of hydrogen-bond acceptors (Lipinski definition) is 3. The second-order valence-corrected chi connectivity index (χ2v) is 6.08. The predicted octanol–water partition coefficient (Wildman–Crippen LogP) is 3.10. The van der Waals surface area contributed by atoms with Crippen LogP contribution in [0.5, 0.6) is 0 Å². The molecule has 2 amide bonds. The highest BCUT2D eigenvalue weighted by atomic mass is 16.3. The molecule has 1 aliphatic carbocycles. The Morgan fingerprint density at radius 3 is 2.50 bits per heavy atom. The van der Waals surface area contributed by atoms with Crippen molar-refractivity contribution in [2.24, 2.45) is 0 Å². The highest BCUT2D eigenvalue weighted by Crippen LogP contribution is 2.26. The molecule has 22 heavy (non-hydrogen) atoms. The van der Waals surface area contributed by atoms with Gasteiger partial charge in [-0.25, -0.2) is 4.79 Å². The van der Waals surface area contributed by atoms with Crippen LogP contribution >= 0.6 is 0 Å². The average molecular weight is 304 g/mol. The van der Waals surface area contributed by atoms with Crippen LogP contribution in [0.2, 0.25) is 0 Å². The Morgan fingerprint density at radius 1 is 1.18 bits per heavy atom. The van der Waals surface area contributed by atoms with Crippen LogP contribution in [-0.2, 0) is 0 Å². The molecule has 1 aromatic carbocycles. The van der Waals surface area contributed by atoms with E-state index in [9.17, 15) is 14.7 Å². The van der Waals surface area contributed by atoms with Gasteiger partial charge in [-0.15, -0.1) is 0 Å². The number of carbonyl (C=O) groups is 2. The number of benzene rings is 1. The molecule has 0 radical (unpaired) electrons. The molecule has 1 aliphatic rings. The van der Waals surface area contributed by atoms with E-state index in [-0.39, 0.29) is 18.4 Å². The van der Waals surface area contributed by atoms with Crippen LogP contribution in [0.15, 0.2) is 24.3 Å². The minimum absolute atomic E-state index is 0.0446. The van der Waals surface area contributed by atoms with Crippen molar-refractivity contribution in [2.75, 3.05) is 11.9 Å². The number of anilines is 1. The molecule has 5 heteroatoms. The van der Waals surface area contributed by atoms with Crippen LogP contribution in [0.25, 0.3) is 0 Å². The van der Waals surface area contributed by atoms with Gasteiger partial charge in [-0.05, 0) is 31.9 Å². The van der Waals surface area contributed by atoms with Gasteiger partial charge in [0.05, 0.1) is 5.60 Å². The van der Waals surface area contributed by atoms with Crippen molar-refractivity contribution < 1.29 is 14.7 Å². The lowest BCUT2D eigenvalue weighted by atomic mass is 9.95. The summed E-state index contributed by atoms with van der Waals surface area (Å²) in [6.07, 6.45) is 5.75. The molecule has 0 spiro atoms. The Kier molecular flexibility index (Phi) is 5.55. The summed E-state index contributed by atoms with van der Waals surface area (Å²) in [5.41, 5.74) is 0.327. The van der Waals surface area contributed by atoms with Crippen molar-refractivity contribution in [3.05, 3.63) is 29.8 Å². The lowest BCUT2D eigenvalue weighted by Gasteiger charge is -2.26. The highest BCUT2D eigenvalue weighted by Gasteiger charge is 2.28. The van der Waals surface area contributed by atoms with E-state index in [1.54, 1.807) is 24.3 Å². The summed E-state index contributed by atoms with van der Waals surface area (Å²) >= 11 is 0. The van der Waals surface area contributed by atoms with E-state index in [1.165, 1.54) is 6.92 Å². The number of rotatable bonds is 4. The highest BCUT2D eigenvalue weighted by molar-refractivity contribution is 5.96. The topological polar surface area (TPSA) is 78.4 Å². The minimum Gasteiger partial charge on any atom is -0.388 e. The number of carbonyl (C=O) groups excluding carboxylic acids is 2. The first-order valence-corrected chi connectivity index (χ1v) is 7.87. The molecule has 0 heterocycles. The molecular weight excluding hydrogens is 280 g/mol. The monoisotopic (exact) mass is 304 g/mol. The van der Waals surface area contributed by atoms with E-state index in [4.69, 9.17) is 0 Å². The van der Waals surface area contributed by atoms with Crippen molar-refractivity contribution >= 4 is 17.5 Å². The lowest BCUT2D eigenvalue weighted by molar-refractivity contribution is 0.0281. The van der Waals surface area contributed by atoms with Gasteiger partial charge in [0, 0.05) is 17.8 Å². The van der Waals surface area contributed by atoms with E-state index in [0.29, 0.717) is 11.3 Å². The second kappa shape index (κ2) is 7.40. The third-order valence-electron chi connectivity index (χ3n) is 4.14. The second-order valence-electron chi connectivity index (χ2n) is 6.08. The molecule has 0 saturated heterocycles. The van der Waals surface area contributed by atoms with E-state index < -0.39 is 5.60 Å². The van der Waals surface area contributed by atoms with Crippen molar-refractivity contribution in [3.8, 4) is 0 Å². The molecule has 1 aromatic rings. The average Bonchev–Trinajstić information content (AvgIpc) is 2.71. The van der Waals surface area contributed by atoms with Gasteiger partial charge >= 0.3 is 6.03 Å².